The first-order valence-corrected chi connectivity index (χ1v) is 7.58. The number of hydrogen-bond acceptors (Lipinski definition) is 3. The molecular weight excluding hydrogens is 286 g/mol. The van der Waals surface area contributed by atoms with Crippen molar-refractivity contribution in [2.75, 3.05) is 18.4 Å². The van der Waals surface area contributed by atoms with E-state index in [1.54, 1.807) is 0 Å². The van der Waals surface area contributed by atoms with Gasteiger partial charge in [-0.15, -0.1) is 0 Å². The Morgan fingerprint density at radius 2 is 2.10 bits per heavy atom. The van der Waals surface area contributed by atoms with E-state index in [-0.39, 0.29) is 5.91 Å². The Bertz CT molecular complexity index is 681. The number of pyridine rings is 1. The Hall–Kier alpha value is -1.65. The molecule has 2 heterocycles. The molecule has 1 aromatic carbocycles. The summed E-state index contributed by atoms with van der Waals surface area (Å²) >= 11 is 6.22. The lowest BCUT2D eigenvalue weighted by atomic mass is 10.1. The van der Waals surface area contributed by atoms with Gasteiger partial charge in [-0.05, 0) is 49.7 Å². The number of benzene rings is 1. The van der Waals surface area contributed by atoms with Gasteiger partial charge in [-0.3, -0.25) is 14.7 Å². The van der Waals surface area contributed by atoms with E-state index in [2.05, 4.69) is 21.3 Å². The summed E-state index contributed by atoms with van der Waals surface area (Å²) in [5, 5.41) is 4.26. The highest BCUT2D eigenvalue weighted by Crippen LogP contribution is 2.28. The number of amides is 1. The fourth-order valence-corrected chi connectivity index (χ4v) is 2.98. The number of fused-ring (bicyclic) bond motifs is 1. The van der Waals surface area contributed by atoms with Crippen molar-refractivity contribution in [3.8, 4) is 0 Å². The van der Waals surface area contributed by atoms with Crippen LogP contribution in [0.1, 0.15) is 25.3 Å². The lowest BCUT2D eigenvalue weighted by Crippen LogP contribution is -2.18. The molecule has 1 N–H and O–H groups in total. The molecule has 1 aromatic heterocycles. The Morgan fingerprint density at radius 1 is 1.33 bits per heavy atom. The summed E-state index contributed by atoms with van der Waals surface area (Å²) in [6, 6.07) is 5.81. The molecule has 0 radical (unpaired) electrons. The predicted octanol–water partition coefficient (Wildman–Crippen LogP) is 3.44. The minimum absolute atomic E-state index is 0.137. The Morgan fingerprint density at radius 3 is 2.81 bits per heavy atom. The highest BCUT2D eigenvalue weighted by atomic mass is 35.5. The van der Waals surface area contributed by atoms with Gasteiger partial charge in [-0.1, -0.05) is 11.6 Å². The van der Waals surface area contributed by atoms with E-state index < -0.39 is 0 Å². The molecule has 0 spiro atoms. The van der Waals surface area contributed by atoms with Crippen molar-refractivity contribution < 1.29 is 4.79 Å². The predicted molar refractivity (Wildman–Crippen MR) is 85.6 cm³/mol. The van der Waals surface area contributed by atoms with E-state index in [4.69, 9.17) is 11.6 Å². The highest BCUT2D eigenvalue weighted by molar-refractivity contribution is 6.34. The van der Waals surface area contributed by atoms with Crippen LogP contribution in [0.5, 0.6) is 0 Å². The SMILES string of the molecule is CC(=O)Nc1cc2ncc(CN3CCCC3)cc2cc1Cl. The molecule has 1 aliphatic rings. The summed E-state index contributed by atoms with van der Waals surface area (Å²) in [5.74, 6) is -0.137. The average molecular weight is 304 g/mol. The van der Waals surface area contributed by atoms with Crippen LogP contribution in [0.3, 0.4) is 0 Å². The fraction of sp³-hybridized carbons (Fsp3) is 0.375. The largest absolute Gasteiger partial charge is 0.325 e. The van der Waals surface area contributed by atoms with E-state index in [1.165, 1.54) is 38.4 Å². The van der Waals surface area contributed by atoms with Crippen molar-refractivity contribution in [1.82, 2.24) is 9.88 Å². The van der Waals surface area contributed by atoms with Gasteiger partial charge in [0.2, 0.25) is 5.91 Å². The summed E-state index contributed by atoms with van der Waals surface area (Å²) < 4.78 is 0. The molecule has 5 heteroatoms. The zero-order valence-corrected chi connectivity index (χ0v) is 12.8. The monoisotopic (exact) mass is 303 g/mol. The molecule has 1 aliphatic heterocycles. The van der Waals surface area contributed by atoms with Gasteiger partial charge in [-0.2, -0.15) is 0 Å². The summed E-state index contributed by atoms with van der Waals surface area (Å²) in [7, 11) is 0. The molecule has 1 saturated heterocycles. The first kappa shape index (κ1) is 14.3. The van der Waals surface area contributed by atoms with Crippen molar-refractivity contribution in [2.24, 2.45) is 0 Å². The van der Waals surface area contributed by atoms with Crippen LogP contribution in [0.15, 0.2) is 24.4 Å². The van der Waals surface area contributed by atoms with E-state index in [0.29, 0.717) is 10.7 Å². The Kier molecular flexibility index (Phi) is 4.08. The minimum Gasteiger partial charge on any atom is -0.325 e. The standard InChI is InChI=1S/C16H18ClN3O/c1-11(21)19-16-8-15-13(7-14(16)17)6-12(9-18-15)10-20-4-2-3-5-20/h6-9H,2-5,10H2,1H3,(H,19,21). The van der Waals surface area contributed by atoms with Gasteiger partial charge >= 0.3 is 0 Å². The molecule has 0 atom stereocenters. The van der Waals surface area contributed by atoms with Crippen molar-refractivity contribution in [1.29, 1.82) is 0 Å². The molecule has 1 fully saturated rings. The molecule has 0 saturated carbocycles. The number of anilines is 1. The molecular formula is C16H18ClN3O. The second kappa shape index (κ2) is 6.00. The van der Waals surface area contributed by atoms with E-state index in [1.807, 2.05) is 18.3 Å². The maximum atomic E-state index is 11.2. The van der Waals surface area contributed by atoms with E-state index in [9.17, 15) is 4.79 Å². The third-order valence-electron chi connectivity index (χ3n) is 3.74. The minimum atomic E-state index is -0.137. The van der Waals surface area contributed by atoms with Gasteiger partial charge in [0.25, 0.3) is 0 Å². The molecule has 0 bridgehead atoms. The van der Waals surface area contributed by atoms with Crippen LogP contribution >= 0.6 is 11.6 Å². The lowest BCUT2D eigenvalue weighted by Gasteiger charge is -2.15. The third-order valence-corrected chi connectivity index (χ3v) is 4.05. The van der Waals surface area contributed by atoms with Gasteiger partial charge < -0.3 is 5.32 Å². The quantitative estimate of drug-likeness (QED) is 0.944. The number of likely N-dealkylation sites (tertiary alicyclic amines) is 1. The fourth-order valence-electron chi connectivity index (χ4n) is 2.76. The normalized spacial score (nSPS) is 15.5. The van der Waals surface area contributed by atoms with Crippen LogP contribution in [0.4, 0.5) is 5.69 Å². The zero-order valence-electron chi connectivity index (χ0n) is 12.0. The first-order chi connectivity index (χ1) is 10.1. The molecule has 21 heavy (non-hydrogen) atoms. The van der Waals surface area contributed by atoms with Crippen LogP contribution in [0.2, 0.25) is 5.02 Å². The van der Waals surface area contributed by atoms with Crippen LogP contribution in [0.25, 0.3) is 10.9 Å². The molecule has 1 amide bonds. The highest BCUT2D eigenvalue weighted by Gasteiger charge is 2.12. The average Bonchev–Trinajstić information content (AvgIpc) is 2.92. The summed E-state index contributed by atoms with van der Waals surface area (Å²) in [4.78, 5) is 18.1. The second-order valence-electron chi connectivity index (χ2n) is 5.53. The van der Waals surface area contributed by atoms with Gasteiger partial charge in [0, 0.05) is 25.1 Å². The maximum Gasteiger partial charge on any atom is 0.221 e. The van der Waals surface area contributed by atoms with Crippen molar-refractivity contribution >= 4 is 34.1 Å². The second-order valence-corrected chi connectivity index (χ2v) is 5.94. The van der Waals surface area contributed by atoms with Crippen LogP contribution in [0, 0.1) is 0 Å². The van der Waals surface area contributed by atoms with Gasteiger partial charge in [-0.25, -0.2) is 0 Å². The van der Waals surface area contributed by atoms with Gasteiger partial charge in [0.15, 0.2) is 0 Å². The number of aromatic nitrogens is 1. The smallest absolute Gasteiger partial charge is 0.221 e. The van der Waals surface area contributed by atoms with Crippen molar-refractivity contribution in [3.63, 3.8) is 0 Å². The van der Waals surface area contributed by atoms with Crippen LogP contribution in [-0.4, -0.2) is 28.9 Å². The topological polar surface area (TPSA) is 45.2 Å². The number of halogens is 1. The maximum absolute atomic E-state index is 11.2. The number of nitrogens with zero attached hydrogens (tertiary/aromatic N) is 2. The number of carbonyl (C=O) groups excluding carboxylic acids is 1. The van der Waals surface area contributed by atoms with Crippen LogP contribution in [-0.2, 0) is 11.3 Å². The number of hydrogen-bond donors (Lipinski definition) is 1. The molecule has 0 unspecified atom stereocenters. The number of nitrogens with one attached hydrogen (secondary N) is 1. The Labute approximate surface area is 129 Å². The molecule has 110 valence electrons. The third kappa shape index (κ3) is 3.34. The van der Waals surface area contributed by atoms with E-state index >= 15 is 0 Å². The first-order valence-electron chi connectivity index (χ1n) is 7.20. The zero-order chi connectivity index (χ0) is 14.8. The number of rotatable bonds is 3. The summed E-state index contributed by atoms with van der Waals surface area (Å²) in [6.45, 7) is 4.74. The summed E-state index contributed by atoms with van der Waals surface area (Å²) in [5.41, 5.74) is 2.65. The molecule has 0 aliphatic carbocycles. The van der Waals surface area contributed by atoms with Gasteiger partial charge in [0.05, 0.1) is 16.2 Å². The van der Waals surface area contributed by atoms with Gasteiger partial charge in [0.1, 0.15) is 0 Å². The van der Waals surface area contributed by atoms with Crippen LogP contribution < -0.4 is 5.32 Å². The molecule has 2 aromatic rings. The molecule has 3 rings (SSSR count). The summed E-state index contributed by atoms with van der Waals surface area (Å²) in [6.07, 6.45) is 4.48. The van der Waals surface area contributed by atoms with Crippen molar-refractivity contribution in [3.05, 3.63) is 35.0 Å². The number of carbonyl (C=O) groups is 1. The molecule has 4 nitrogen and oxygen atoms in total. The Balaban J connectivity index is 1.89. The van der Waals surface area contributed by atoms with Crippen molar-refractivity contribution in [2.45, 2.75) is 26.3 Å². The lowest BCUT2D eigenvalue weighted by molar-refractivity contribution is -0.114. The van der Waals surface area contributed by atoms with E-state index in [0.717, 1.165) is 17.4 Å².